The molecule has 3 heteroatoms. The van der Waals surface area contributed by atoms with Gasteiger partial charge in [0.25, 0.3) is 0 Å². The Bertz CT molecular complexity index is 479. The van der Waals surface area contributed by atoms with Crippen LogP contribution in [-0.4, -0.2) is 16.5 Å². The second kappa shape index (κ2) is 2.83. The highest BCUT2D eigenvalue weighted by Gasteiger charge is 2.00. The average molecular weight is 172 g/mol. The van der Waals surface area contributed by atoms with Gasteiger partial charge in [0.15, 0.2) is 0 Å². The van der Waals surface area contributed by atoms with Crippen molar-refractivity contribution in [2.24, 2.45) is 0 Å². The van der Waals surface area contributed by atoms with Gasteiger partial charge in [0, 0.05) is 12.3 Å². The van der Waals surface area contributed by atoms with Crippen LogP contribution in [0.3, 0.4) is 0 Å². The standard InChI is InChI=1S/C10H8N2O/c1-3-8-7-11-10-6-9(13-2)4-5-12(8)10/h1,4-7H,2H3. The SMILES string of the molecule is C#Cc1cnc2cc(OC)ccn12. The van der Waals surface area contributed by atoms with Crippen molar-refractivity contribution in [3.63, 3.8) is 0 Å². The first-order valence-electron chi connectivity index (χ1n) is 3.83. The third-order valence-electron chi connectivity index (χ3n) is 1.87. The van der Waals surface area contributed by atoms with Crippen LogP contribution in [0.4, 0.5) is 0 Å². The fraction of sp³-hybridized carbons (Fsp3) is 0.100. The molecule has 0 aliphatic rings. The van der Waals surface area contributed by atoms with Crippen molar-refractivity contribution in [3.8, 4) is 18.1 Å². The van der Waals surface area contributed by atoms with E-state index in [-0.39, 0.29) is 0 Å². The van der Waals surface area contributed by atoms with Crippen molar-refractivity contribution in [3.05, 3.63) is 30.2 Å². The van der Waals surface area contributed by atoms with Gasteiger partial charge in [-0.2, -0.15) is 0 Å². The molecule has 0 fully saturated rings. The lowest BCUT2D eigenvalue weighted by molar-refractivity contribution is 0.414. The third kappa shape index (κ3) is 1.13. The molecule has 3 nitrogen and oxygen atoms in total. The summed E-state index contributed by atoms with van der Waals surface area (Å²) < 4.78 is 6.90. The van der Waals surface area contributed by atoms with Crippen molar-refractivity contribution in [1.82, 2.24) is 9.38 Å². The molecule has 2 rings (SSSR count). The largest absolute Gasteiger partial charge is 0.497 e. The Kier molecular flexibility index (Phi) is 1.67. The van der Waals surface area contributed by atoms with E-state index in [9.17, 15) is 0 Å². The molecule has 0 aromatic carbocycles. The van der Waals surface area contributed by atoms with Crippen LogP contribution in [0.15, 0.2) is 24.5 Å². The van der Waals surface area contributed by atoms with Crippen LogP contribution < -0.4 is 4.74 Å². The predicted octanol–water partition coefficient (Wildman–Crippen LogP) is 1.32. The normalized spacial score (nSPS) is 9.85. The summed E-state index contributed by atoms with van der Waals surface area (Å²) in [5, 5.41) is 0. The van der Waals surface area contributed by atoms with E-state index in [0.717, 1.165) is 17.1 Å². The number of pyridine rings is 1. The summed E-state index contributed by atoms with van der Waals surface area (Å²) in [6.45, 7) is 0. The van der Waals surface area contributed by atoms with Crippen molar-refractivity contribution >= 4 is 5.65 Å². The van der Waals surface area contributed by atoms with Gasteiger partial charge in [-0.05, 0) is 6.07 Å². The van der Waals surface area contributed by atoms with E-state index in [4.69, 9.17) is 11.2 Å². The smallest absolute Gasteiger partial charge is 0.141 e. The number of methoxy groups -OCH3 is 1. The highest BCUT2D eigenvalue weighted by Crippen LogP contribution is 2.14. The minimum Gasteiger partial charge on any atom is -0.497 e. The van der Waals surface area contributed by atoms with Gasteiger partial charge in [0.1, 0.15) is 17.1 Å². The molecule has 0 saturated carbocycles. The quantitative estimate of drug-likeness (QED) is 0.606. The zero-order chi connectivity index (χ0) is 9.26. The zero-order valence-electron chi connectivity index (χ0n) is 7.19. The van der Waals surface area contributed by atoms with Gasteiger partial charge in [-0.15, -0.1) is 6.42 Å². The molecule has 2 heterocycles. The number of rotatable bonds is 1. The summed E-state index contributed by atoms with van der Waals surface area (Å²) in [4.78, 5) is 4.14. The number of nitrogens with zero attached hydrogens (tertiary/aromatic N) is 2. The van der Waals surface area contributed by atoms with E-state index in [2.05, 4.69) is 10.9 Å². The minimum absolute atomic E-state index is 0.748. The first-order chi connectivity index (χ1) is 6.35. The van der Waals surface area contributed by atoms with Crippen LogP contribution in [0.25, 0.3) is 5.65 Å². The van der Waals surface area contributed by atoms with Crippen LogP contribution in [0.1, 0.15) is 5.69 Å². The molecule has 0 aliphatic heterocycles. The Morgan fingerprint density at radius 1 is 1.62 bits per heavy atom. The fourth-order valence-electron chi connectivity index (χ4n) is 1.20. The van der Waals surface area contributed by atoms with Crippen LogP contribution in [0, 0.1) is 12.3 Å². The molecule has 0 unspecified atom stereocenters. The summed E-state index contributed by atoms with van der Waals surface area (Å²) in [7, 11) is 1.62. The Morgan fingerprint density at radius 2 is 2.46 bits per heavy atom. The number of ether oxygens (including phenoxy) is 1. The van der Waals surface area contributed by atoms with Gasteiger partial charge >= 0.3 is 0 Å². The molecule has 0 saturated heterocycles. The van der Waals surface area contributed by atoms with E-state index in [1.54, 1.807) is 13.3 Å². The molecule has 64 valence electrons. The molecule has 0 N–H and O–H groups in total. The lowest BCUT2D eigenvalue weighted by Crippen LogP contribution is -1.89. The monoisotopic (exact) mass is 172 g/mol. The topological polar surface area (TPSA) is 26.5 Å². The number of aromatic nitrogens is 2. The van der Waals surface area contributed by atoms with E-state index >= 15 is 0 Å². The summed E-state index contributed by atoms with van der Waals surface area (Å²) in [5.41, 5.74) is 1.55. The van der Waals surface area contributed by atoms with E-state index in [1.807, 2.05) is 22.7 Å². The molecule has 0 aliphatic carbocycles. The molecule has 0 amide bonds. The third-order valence-corrected chi connectivity index (χ3v) is 1.87. The molecule has 2 aromatic rings. The van der Waals surface area contributed by atoms with Crippen LogP contribution in [0.5, 0.6) is 5.75 Å². The Labute approximate surface area is 76.0 Å². The maximum absolute atomic E-state index is 5.29. The molecular weight excluding hydrogens is 164 g/mol. The number of hydrogen-bond acceptors (Lipinski definition) is 2. The molecule has 0 atom stereocenters. The van der Waals surface area contributed by atoms with Crippen molar-refractivity contribution in [1.29, 1.82) is 0 Å². The number of terminal acetylenes is 1. The predicted molar refractivity (Wildman–Crippen MR) is 49.7 cm³/mol. The molecule has 0 bridgehead atoms. The average Bonchev–Trinajstić information content (AvgIpc) is 2.59. The highest BCUT2D eigenvalue weighted by atomic mass is 16.5. The van der Waals surface area contributed by atoms with E-state index < -0.39 is 0 Å². The van der Waals surface area contributed by atoms with Crippen molar-refractivity contribution < 1.29 is 4.74 Å². The number of hydrogen-bond donors (Lipinski definition) is 0. The van der Waals surface area contributed by atoms with Crippen molar-refractivity contribution in [2.75, 3.05) is 7.11 Å². The summed E-state index contributed by atoms with van der Waals surface area (Å²) in [6, 6.07) is 3.68. The van der Waals surface area contributed by atoms with Gasteiger partial charge in [-0.25, -0.2) is 4.98 Å². The summed E-state index contributed by atoms with van der Waals surface area (Å²) in [6.07, 6.45) is 8.79. The first kappa shape index (κ1) is 7.69. The van der Waals surface area contributed by atoms with Gasteiger partial charge in [0.2, 0.25) is 0 Å². The summed E-state index contributed by atoms with van der Waals surface area (Å²) >= 11 is 0. The Balaban J connectivity index is 2.70. The lowest BCUT2D eigenvalue weighted by atomic mass is 10.4. The second-order valence-corrected chi connectivity index (χ2v) is 2.58. The van der Waals surface area contributed by atoms with Gasteiger partial charge in [-0.1, -0.05) is 5.92 Å². The number of imidazole rings is 1. The fourth-order valence-corrected chi connectivity index (χ4v) is 1.20. The van der Waals surface area contributed by atoms with Crippen LogP contribution in [0.2, 0.25) is 0 Å². The summed E-state index contributed by atoms with van der Waals surface area (Å²) in [5.74, 6) is 3.33. The molecular formula is C10H8N2O. The first-order valence-corrected chi connectivity index (χ1v) is 3.83. The van der Waals surface area contributed by atoms with E-state index in [1.165, 1.54) is 0 Å². The number of fused-ring (bicyclic) bond motifs is 1. The highest BCUT2D eigenvalue weighted by molar-refractivity contribution is 5.48. The van der Waals surface area contributed by atoms with Crippen LogP contribution >= 0.6 is 0 Å². The van der Waals surface area contributed by atoms with Gasteiger partial charge < -0.3 is 4.74 Å². The Morgan fingerprint density at radius 3 is 3.15 bits per heavy atom. The lowest BCUT2D eigenvalue weighted by Gasteiger charge is -1.99. The molecule has 2 aromatic heterocycles. The van der Waals surface area contributed by atoms with Crippen molar-refractivity contribution in [2.45, 2.75) is 0 Å². The maximum atomic E-state index is 5.29. The minimum atomic E-state index is 0.748. The molecule has 0 spiro atoms. The Hall–Kier alpha value is -1.95. The second-order valence-electron chi connectivity index (χ2n) is 2.58. The van der Waals surface area contributed by atoms with E-state index in [0.29, 0.717) is 0 Å². The molecule has 13 heavy (non-hydrogen) atoms. The van der Waals surface area contributed by atoms with Gasteiger partial charge in [-0.3, -0.25) is 4.40 Å². The van der Waals surface area contributed by atoms with Crippen LogP contribution in [-0.2, 0) is 0 Å². The molecule has 0 radical (unpaired) electrons. The maximum Gasteiger partial charge on any atom is 0.141 e. The zero-order valence-corrected chi connectivity index (χ0v) is 7.19. The van der Waals surface area contributed by atoms with Gasteiger partial charge in [0.05, 0.1) is 13.3 Å².